The fraction of sp³-hybridized carbons (Fsp3) is 0.235. The van der Waals surface area contributed by atoms with Gasteiger partial charge in [0.05, 0.1) is 14.9 Å². The molecule has 1 amide bonds. The van der Waals surface area contributed by atoms with Gasteiger partial charge < -0.3 is 5.32 Å². The predicted octanol–water partition coefficient (Wildman–Crippen LogP) is 4.53. The molecule has 24 heavy (non-hydrogen) atoms. The van der Waals surface area contributed by atoms with Crippen LogP contribution in [0.1, 0.15) is 36.1 Å². The maximum absolute atomic E-state index is 12.4. The molecule has 0 spiro atoms. The number of nitrogens with zero attached hydrogens (tertiary/aromatic N) is 3. The van der Waals surface area contributed by atoms with E-state index in [0.29, 0.717) is 20.8 Å². The van der Waals surface area contributed by atoms with Crippen LogP contribution in [0.4, 0.5) is 5.82 Å². The number of carbonyl (C=O) groups is 1. The second-order valence-electron chi connectivity index (χ2n) is 6.32. The van der Waals surface area contributed by atoms with Gasteiger partial charge in [-0.25, -0.2) is 4.98 Å². The molecule has 124 valence electrons. The standard InChI is InChI=1S/C17H17ClN4OS/c1-17(2,3)12-10-15(20-16(23)11-7-8-13(18)24-11)22(21-12)14-6-4-5-9-19-14/h4-10H,1-3H3,(H,20,23). The largest absolute Gasteiger partial charge is 0.306 e. The number of thiophene rings is 1. The van der Waals surface area contributed by atoms with E-state index in [0.717, 1.165) is 5.69 Å². The summed E-state index contributed by atoms with van der Waals surface area (Å²) in [5.41, 5.74) is 0.721. The molecule has 0 atom stereocenters. The Labute approximate surface area is 149 Å². The van der Waals surface area contributed by atoms with E-state index in [9.17, 15) is 4.79 Å². The third-order valence-electron chi connectivity index (χ3n) is 3.38. The zero-order chi connectivity index (χ0) is 17.3. The van der Waals surface area contributed by atoms with Crippen molar-refractivity contribution >= 4 is 34.7 Å². The molecule has 3 aromatic rings. The number of anilines is 1. The van der Waals surface area contributed by atoms with Gasteiger partial charge in [-0.1, -0.05) is 38.4 Å². The zero-order valence-corrected chi connectivity index (χ0v) is 15.1. The van der Waals surface area contributed by atoms with Crippen LogP contribution in [-0.2, 0) is 5.41 Å². The van der Waals surface area contributed by atoms with Crippen LogP contribution >= 0.6 is 22.9 Å². The van der Waals surface area contributed by atoms with E-state index < -0.39 is 0 Å². The van der Waals surface area contributed by atoms with Crippen molar-refractivity contribution in [2.24, 2.45) is 0 Å². The van der Waals surface area contributed by atoms with E-state index >= 15 is 0 Å². The minimum Gasteiger partial charge on any atom is -0.306 e. The highest BCUT2D eigenvalue weighted by atomic mass is 35.5. The third-order valence-corrected chi connectivity index (χ3v) is 4.61. The van der Waals surface area contributed by atoms with Crippen LogP contribution in [0, 0.1) is 0 Å². The van der Waals surface area contributed by atoms with Crippen molar-refractivity contribution in [3.63, 3.8) is 0 Å². The summed E-state index contributed by atoms with van der Waals surface area (Å²) >= 11 is 7.15. The second kappa shape index (κ2) is 6.37. The Kier molecular flexibility index (Phi) is 4.43. The normalized spacial score (nSPS) is 11.5. The Morgan fingerprint density at radius 3 is 2.62 bits per heavy atom. The molecule has 0 aliphatic heterocycles. The van der Waals surface area contributed by atoms with Gasteiger partial charge >= 0.3 is 0 Å². The molecule has 3 aromatic heterocycles. The average molecular weight is 361 g/mol. The van der Waals surface area contributed by atoms with Gasteiger partial charge in [0.25, 0.3) is 5.91 Å². The van der Waals surface area contributed by atoms with Gasteiger partial charge in [0.1, 0.15) is 5.82 Å². The van der Waals surface area contributed by atoms with Gasteiger partial charge in [-0.15, -0.1) is 11.3 Å². The minimum absolute atomic E-state index is 0.147. The molecule has 0 saturated carbocycles. The van der Waals surface area contributed by atoms with E-state index in [1.807, 2.05) is 24.3 Å². The Bertz CT molecular complexity index is 864. The van der Waals surface area contributed by atoms with Crippen molar-refractivity contribution in [1.29, 1.82) is 0 Å². The molecule has 0 aliphatic rings. The molecule has 0 fully saturated rings. The van der Waals surface area contributed by atoms with Gasteiger partial charge in [-0.05, 0) is 24.3 Å². The molecule has 1 N–H and O–H groups in total. The number of pyridine rings is 1. The number of aromatic nitrogens is 3. The van der Waals surface area contributed by atoms with Crippen molar-refractivity contribution < 1.29 is 4.79 Å². The van der Waals surface area contributed by atoms with E-state index in [2.05, 4.69) is 36.2 Å². The molecular formula is C17H17ClN4OS. The van der Waals surface area contributed by atoms with Crippen LogP contribution in [-0.4, -0.2) is 20.7 Å². The Balaban J connectivity index is 1.99. The van der Waals surface area contributed by atoms with Crippen LogP contribution in [0.2, 0.25) is 4.34 Å². The molecular weight excluding hydrogens is 344 g/mol. The van der Waals surface area contributed by atoms with E-state index in [1.165, 1.54) is 11.3 Å². The van der Waals surface area contributed by atoms with Gasteiger partial charge in [0.2, 0.25) is 0 Å². The van der Waals surface area contributed by atoms with Crippen molar-refractivity contribution in [2.45, 2.75) is 26.2 Å². The summed E-state index contributed by atoms with van der Waals surface area (Å²) in [6.07, 6.45) is 1.69. The summed E-state index contributed by atoms with van der Waals surface area (Å²) in [4.78, 5) is 17.3. The van der Waals surface area contributed by atoms with Crippen molar-refractivity contribution in [3.05, 3.63) is 57.5 Å². The van der Waals surface area contributed by atoms with Crippen molar-refractivity contribution in [3.8, 4) is 5.82 Å². The molecule has 0 aromatic carbocycles. The van der Waals surface area contributed by atoms with Gasteiger partial charge in [0, 0.05) is 17.7 Å². The lowest BCUT2D eigenvalue weighted by Gasteiger charge is -2.13. The fourth-order valence-corrected chi connectivity index (χ4v) is 3.04. The second-order valence-corrected chi connectivity index (χ2v) is 8.04. The minimum atomic E-state index is -0.218. The molecule has 0 saturated heterocycles. The van der Waals surface area contributed by atoms with Crippen LogP contribution in [0.25, 0.3) is 5.82 Å². The summed E-state index contributed by atoms with van der Waals surface area (Å²) in [7, 11) is 0. The van der Waals surface area contributed by atoms with E-state index in [1.54, 1.807) is 23.0 Å². The van der Waals surface area contributed by atoms with Crippen molar-refractivity contribution in [2.75, 3.05) is 5.32 Å². The lowest BCUT2D eigenvalue weighted by atomic mass is 9.92. The third kappa shape index (κ3) is 3.49. The molecule has 0 radical (unpaired) electrons. The summed E-state index contributed by atoms with van der Waals surface area (Å²) in [6.45, 7) is 6.22. The summed E-state index contributed by atoms with van der Waals surface area (Å²) < 4.78 is 2.22. The quantitative estimate of drug-likeness (QED) is 0.746. The van der Waals surface area contributed by atoms with E-state index in [4.69, 9.17) is 11.6 Å². The van der Waals surface area contributed by atoms with Gasteiger partial charge in [-0.3, -0.25) is 4.79 Å². The molecule has 0 bridgehead atoms. The number of hydrogen-bond acceptors (Lipinski definition) is 4. The Morgan fingerprint density at radius 2 is 2.04 bits per heavy atom. The number of rotatable bonds is 3. The van der Waals surface area contributed by atoms with Crippen LogP contribution in [0.3, 0.4) is 0 Å². The number of nitrogens with one attached hydrogen (secondary N) is 1. The summed E-state index contributed by atoms with van der Waals surface area (Å²) in [6, 6.07) is 10.8. The van der Waals surface area contributed by atoms with Crippen molar-refractivity contribution in [1.82, 2.24) is 14.8 Å². The number of hydrogen-bond donors (Lipinski definition) is 1. The maximum atomic E-state index is 12.4. The number of halogens is 1. The highest BCUT2D eigenvalue weighted by Crippen LogP contribution is 2.27. The SMILES string of the molecule is CC(C)(C)c1cc(NC(=O)c2ccc(Cl)s2)n(-c2ccccn2)n1. The summed E-state index contributed by atoms with van der Waals surface area (Å²) in [5.74, 6) is 1.00. The molecule has 3 rings (SSSR count). The van der Waals surface area contributed by atoms with Crippen LogP contribution < -0.4 is 5.32 Å². The first-order valence-corrected chi connectivity index (χ1v) is 8.63. The Morgan fingerprint density at radius 1 is 1.25 bits per heavy atom. The lowest BCUT2D eigenvalue weighted by Crippen LogP contribution is -2.14. The predicted molar refractivity (Wildman–Crippen MR) is 97.3 cm³/mol. The zero-order valence-electron chi connectivity index (χ0n) is 13.6. The van der Waals surface area contributed by atoms with Crippen LogP contribution in [0.5, 0.6) is 0 Å². The number of amides is 1. The first-order valence-electron chi connectivity index (χ1n) is 7.43. The van der Waals surface area contributed by atoms with E-state index in [-0.39, 0.29) is 11.3 Å². The smallest absolute Gasteiger partial charge is 0.266 e. The van der Waals surface area contributed by atoms with Crippen LogP contribution in [0.15, 0.2) is 42.6 Å². The average Bonchev–Trinajstić information content (AvgIpc) is 3.14. The highest BCUT2D eigenvalue weighted by molar-refractivity contribution is 7.18. The first-order chi connectivity index (χ1) is 11.3. The summed E-state index contributed by atoms with van der Waals surface area (Å²) in [5, 5.41) is 7.52. The highest BCUT2D eigenvalue weighted by Gasteiger charge is 2.22. The Hall–Kier alpha value is -2.18. The molecule has 0 aliphatic carbocycles. The fourth-order valence-electron chi connectivity index (χ4n) is 2.10. The first kappa shape index (κ1) is 16.7. The molecule has 5 nitrogen and oxygen atoms in total. The topological polar surface area (TPSA) is 59.8 Å². The molecule has 3 heterocycles. The monoisotopic (exact) mass is 360 g/mol. The van der Waals surface area contributed by atoms with Gasteiger partial charge in [0.15, 0.2) is 5.82 Å². The molecule has 0 unspecified atom stereocenters. The number of carbonyl (C=O) groups excluding carboxylic acids is 1. The molecule has 7 heteroatoms. The lowest BCUT2D eigenvalue weighted by molar-refractivity contribution is 0.103. The maximum Gasteiger partial charge on any atom is 0.266 e. The van der Waals surface area contributed by atoms with Gasteiger partial charge in [-0.2, -0.15) is 9.78 Å².